The lowest BCUT2D eigenvalue weighted by atomic mass is 9.76. The van der Waals surface area contributed by atoms with Crippen molar-refractivity contribution in [2.45, 2.75) is 44.2 Å². The van der Waals surface area contributed by atoms with Gasteiger partial charge in [0.15, 0.2) is 0 Å². The highest BCUT2D eigenvalue weighted by Crippen LogP contribution is 2.44. The molecule has 0 spiro atoms. The van der Waals surface area contributed by atoms with E-state index in [0.717, 1.165) is 41.6 Å². The molecule has 3 unspecified atom stereocenters. The van der Waals surface area contributed by atoms with E-state index < -0.39 is 0 Å². The summed E-state index contributed by atoms with van der Waals surface area (Å²) in [6, 6.07) is 15.8. The molecule has 33 heavy (non-hydrogen) atoms. The van der Waals surface area contributed by atoms with Gasteiger partial charge in [-0.25, -0.2) is 0 Å². The number of fused-ring (bicyclic) bond motifs is 1. The predicted molar refractivity (Wildman–Crippen MR) is 137 cm³/mol. The zero-order valence-electron chi connectivity index (χ0n) is 18.8. The quantitative estimate of drug-likeness (QED) is 0.466. The van der Waals surface area contributed by atoms with Crippen molar-refractivity contribution in [3.05, 3.63) is 92.6 Å². The van der Waals surface area contributed by atoms with E-state index in [1.54, 1.807) is 13.3 Å². The second-order valence-electron chi connectivity index (χ2n) is 8.85. The summed E-state index contributed by atoms with van der Waals surface area (Å²) in [6.45, 7) is 0.682. The molecule has 0 saturated carbocycles. The van der Waals surface area contributed by atoms with Gasteiger partial charge in [0.25, 0.3) is 5.91 Å². The lowest BCUT2D eigenvalue weighted by molar-refractivity contribution is -0.0573. The van der Waals surface area contributed by atoms with Crippen LogP contribution in [0.15, 0.2) is 70.9 Å². The number of hydrogen-bond donors (Lipinski definition) is 1. The summed E-state index contributed by atoms with van der Waals surface area (Å²) in [4.78, 5) is 15.0. The molecular formula is C27H30BrClN2O2. The molecule has 1 fully saturated rings. The molecule has 0 aromatic heterocycles. The summed E-state index contributed by atoms with van der Waals surface area (Å²) in [5.74, 6) is 0.777. The largest absolute Gasteiger partial charge is 0.404 e. The number of piperidine rings is 1. The van der Waals surface area contributed by atoms with Crippen LogP contribution < -0.4 is 5.73 Å². The van der Waals surface area contributed by atoms with E-state index in [9.17, 15) is 4.79 Å². The van der Waals surface area contributed by atoms with Crippen LogP contribution in [0.2, 0.25) is 5.02 Å². The number of allylic oxidation sites excluding steroid dienone is 3. The minimum absolute atomic E-state index is 0.0338. The first-order valence-corrected chi connectivity index (χ1v) is 12.6. The third-order valence-electron chi connectivity index (χ3n) is 6.92. The van der Waals surface area contributed by atoms with Gasteiger partial charge in [0.05, 0.1) is 0 Å². The highest BCUT2D eigenvalue weighted by atomic mass is 79.9. The number of halogens is 2. The molecule has 2 aliphatic rings. The van der Waals surface area contributed by atoms with Crippen molar-refractivity contribution in [3.63, 3.8) is 0 Å². The zero-order valence-corrected chi connectivity index (χ0v) is 21.2. The van der Waals surface area contributed by atoms with Crippen molar-refractivity contribution in [2.24, 2.45) is 11.7 Å². The number of ether oxygens (including phenoxy) is 1. The maximum Gasteiger partial charge on any atom is 0.255 e. The number of nitrogens with zero attached hydrogens (tertiary/aromatic N) is 1. The van der Waals surface area contributed by atoms with E-state index in [4.69, 9.17) is 22.1 Å². The van der Waals surface area contributed by atoms with Gasteiger partial charge in [-0.3, -0.25) is 4.79 Å². The van der Waals surface area contributed by atoms with Gasteiger partial charge in [0.2, 0.25) is 0 Å². The number of hydrogen-bond acceptors (Lipinski definition) is 3. The fraction of sp³-hybridized carbons (Fsp3) is 0.370. The van der Waals surface area contributed by atoms with Gasteiger partial charge in [-0.15, -0.1) is 0 Å². The number of methoxy groups -OCH3 is 1. The second kappa shape index (κ2) is 10.9. The first-order valence-electron chi connectivity index (χ1n) is 11.4. The van der Waals surface area contributed by atoms with Crippen LogP contribution in [0.4, 0.5) is 0 Å². The molecule has 1 aliphatic carbocycles. The maximum absolute atomic E-state index is 13.1. The normalized spacial score (nSPS) is 24.9. The van der Waals surface area contributed by atoms with Crippen LogP contribution in [-0.2, 0) is 11.2 Å². The molecule has 2 aromatic carbocycles. The lowest BCUT2D eigenvalue weighted by Gasteiger charge is -2.41. The Morgan fingerprint density at radius 2 is 2.00 bits per heavy atom. The molecule has 2 N–H and O–H groups in total. The van der Waals surface area contributed by atoms with Crippen molar-refractivity contribution < 1.29 is 9.53 Å². The molecule has 2 aromatic rings. The molecule has 1 heterocycles. The highest BCUT2D eigenvalue weighted by molar-refractivity contribution is 9.11. The van der Waals surface area contributed by atoms with Crippen LogP contribution in [0.25, 0.3) is 0 Å². The molecule has 3 atom stereocenters. The van der Waals surface area contributed by atoms with Gasteiger partial charge in [-0.2, -0.15) is 0 Å². The van der Waals surface area contributed by atoms with Crippen LogP contribution >= 0.6 is 27.5 Å². The summed E-state index contributed by atoms with van der Waals surface area (Å²) in [7, 11) is 1.70. The SMILES string of the molecule is COC1CC(C2C/C(=C\C(Br)=C/N)CCc3cc(Cl)ccc32)CCN1C(=O)c1ccccc1. The van der Waals surface area contributed by atoms with Crippen LogP contribution in [-0.4, -0.2) is 30.7 Å². The Morgan fingerprint density at radius 3 is 2.73 bits per heavy atom. The topological polar surface area (TPSA) is 55.6 Å². The first-order chi connectivity index (χ1) is 16.0. The number of carbonyl (C=O) groups is 1. The number of amides is 1. The third kappa shape index (κ3) is 5.53. The predicted octanol–water partition coefficient (Wildman–Crippen LogP) is 6.41. The van der Waals surface area contributed by atoms with E-state index >= 15 is 0 Å². The number of likely N-dealkylation sites (tertiary alicyclic amines) is 1. The Morgan fingerprint density at radius 1 is 1.21 bits per heavy atom. The molecule has 174 valence electrons. The Bertz CT molecular complexity index is 1050. The van der Waals surface area contributed by atoms with Gasteiger partial charge in [-0.1, -0.05) is 41.4 Å². The Kier molecular flexibility index (Phi) is 7.94. The number of rotatable bonds is 4. The average molecular weight is 530 g/mol. The average Bonchev–Trinajstić information content (AvgIpc) is 3.02. The molecule has 0 bridgehead atoms. The lowest BCUT2D eigenvalue weighted by Crippen LogP contribution is -2.48. The number of aryl methyl sites for hydroxylation is 1. The van der Waals surface area contributed by atoms with Crippen molar-refractivity contribution in [1.82, 2.24) is 4.90 Å². The fourth-order valence-corrected chi connectivity index (χ4v) is 5.78. The number of nitrogens with two attached hydrogens (primary N) is 1. The summed E-state index contributed by atoms with van der Waals surface area (Å²) < 4.78 is 6.75. The smallest absolute Gasteiger partial charge is 0.255 e. The van der Waals surface area contributed by atoms with Crippen molar-refractivity contribution >= 4 is 33.4 Å². The molecule has 4 nitrogen and oxygen atoms in total. The minimum Gasteiger partial charge on any atom is -0.404 e. The van der Waals surface area contributed by atoms with E-state index in [1.807, 2.05) is 41.3 Å². The highest BCUT2D eigenvalue weighted by Gasteiger charge is 2.37. The van der Waals surface area contributed by atoms with Gasteiger partial charge in [0.1, 0.15) is 6.23 Å². The molecule has 6 heteroatoms. The zero-order chi connectivity index (χ0) is 23.4. The molecular weight excluding hydrogens is 500 g/mol. The molecule has 1 saturated heterocycles. The van der Waals surface area contributed by atoms with Crippen LogP contribution in [0.1, 0.15) is 53.1 Å². The molecule has 4 rings (SSSR count). The Balaban J connectivity index is 1.61. The van der Waals surface area contributed by atoms with Gasteiger partial charge >= 0.3 is 0 Å². The van der Waals surface area contributed by atoms with Gasteiger partial charge in [-0.05, 0) is 101 Å². The van der Waals surface area contributed by atoms with Crippen LogP contribution in [0.5, 0.6) is 0 Å². The van der Waals surface area contributed by atoms with Crippen LogP contribution in [0, 0.1) is 5.92 Å². The number of carbonyl (C=O) groups excluding carboxylic acids is 1. The maximum atomic E-state index is 13.1. The van der Waals surface area contributed by atoms with Crippen molar-refractivity contribution in [2.75, 3.05) is 13.7 Å². The van der Waals surface area contributed by atoms with Crippen molar-refractivity contribution in [1.29, 1.82) is 0 Å². The first kappa shape index (κ1) is 24.1. The van der Waals surface area contributed by atoms with E-state index in [-0.39, 0.29) is 12.1 Å². The summed E-state index contributed by atoms with van der Waals surface area (Å²) in [5.41, 5.74) is 10.5. The Hall–Kier alpha value is -2.08. The fourth-order valence-electron chi connectivity index (χ4n) is 5.26. The molecule has 1 aliphatic heterocycles. The second-order valence-corrected chi connectivity index (χ2v) is 10.2. The van der Waals surface area contributed by atoms with E-state index in [2.05, 4.69) is 34.1 Å². The summed E-state index contributed by atoms with van der Waals surface area (Å²) in [6.07, 6.45) is 8.15. The van der Waals surface area contributed by atoms with Crippen molar-refractivity contribution in [3.8, 4) is 0 Å². The molecule has 0 radical (unpaired) electrons. The monoisotopic (exact) mass is 528 g/mol. The molecule has 1 amide bonds. The van der Waals surface area contributed by atoms with Gasteiger partial charge < -0.3 is 15.4 Å². The third-order valence-corrected chi connectivity index (χ3v) is 7.65. The van der Waals surface area contributed by atoms with E-state index in [0.29, 0.717) is 23.9 Å². The minimum atomic E-state index is -0.237. The van der Waals surface area contributed by atoms with Gasteiger partial charge in [0, 0.05) is 34.9 Å². The standard InChI is InChI=1S/C27H30BrClN2O2/c1-33-26-16-21(11-12-31(26)27(32)19-5-3-2-4-6-19)25-14-18(13-22(28)17-30)7-8-20-15-23(29)9-10-24(20)25/h2-6,9-10,13,15,17,21,25-26H,7-8,11-12,14,16,30H2,1H3/b18-13-,22-17+. The Labute approximate surface area is 209 Å². The van der Waals surface area contributed by atoms with Crippen LogP contribution in [0.3, 0.4) is 0 Å². The number of benzene rings is 2. The van der Waals surface area contributed by atoms with E-state index in [1.165, 1.54) is 16.7 Å². The summed E-state index contributed by atoms with van der Waals surface area (Å²) in [5, 5.41) is 0.779. The summed E-state index contributed by atoms with van der Waals surface area (Å²) >= 11 is 9.89.